The Morgan fingerprint density at radius 1 is 1.41 bits per heavy atom. The molecule has 0 spiro atoms. The van der Waals surface area contributed by atoms with Gasteiger partial charge in [0.15, 0.2) is 0 Å². The molecule has 2 rings (SSSR count). The fraction of sp³-hybridized carbons (Fsp3) is 0.267. The van der Waals surface area contributed by atoms with E-state index in [0.29, 0.717) is 17.9 Å². The lowest BCUT2D eigenvalue weighted by Gasteiger charge is -2.14. The summed E-state index contributed by atoms with van der Waals surface area (Å²) in [4.78, 5) is 12.4. The molecule has 4 nitrogen and oxygen atoms in total. The molecule has 1 aliphatic carbocycles. The molecule has 2 N–H and O–H groups in total. The largest absolute Gasteiger partial charge is 0.506 e. The van der Waals surface area contributed by atoms with Crippen LogP contribution in [0.5, 0.6) is 11.5 Å². The van der Waals surface area contributed by atoms with Gasteiger partial charge in [0.05, 0.1) is 12.8 Å². The van der Waals surface area contributed by atoms with Crippen molar-refractivity contribution in [2.45, 2.75) is 13.3 Å². The van der Waals surface area contributed by atoms with E-state index in [2.05, 4.69) is 5.32 Å². The molecule has 0 fully saturated rings. The van der Waals surface area contributed by atoms with Gasteiger partial charge in [0.1, 0.15) is 21.5 Å². The van der Waals surface area contributed by atoms with Gasteiger partial charge in [-0.15, -0.1) is 11.6 Å². The maximum atomic E-state index is 12.4. The first-order valence-electron chi connectivity index (χ1n) is 6.42. The van der Waals surface area contributed by atoms with E-state index in [1.54, 1.807) is 6.08 Å². The Bertz CT molecular complexity index is 696. The van der Waals surface area contributed by atoms with E-state index in [-0.39, 0.29) is 33.1 Å². The minimum absolute atomic E-state index is 0.0445. The highest BCUT2D eigenvalue weighted by Gasteiger charge is 2.23. The van der Waals surface area contributed by atoms with E-state index >= 15 is 0 Å². The monoisotopic (exact) mass is 361 g/mol. The van der Waals surface area contributed by atoms with Crippen LogP contribution in [0.25, 0.3) is 0 Å². The van der Waals surface area contributed by atoms with Crippen LogP contribution in [-0.2, 0) is 4.79 Å². The second-order valence-corrected chi connectivity index (χ2v) is 5.76. The van der Waals surface area contributed by atoms with Crippen LogP contribution in [-0.4, -0.2) is 24.0 Å². The summed E-state index contributed by atoms with van der Waals surface area (Å²) in [7, 11) is 1.40. The second-order valence-electron chi connectivity index (χ2n) is 4.74. The van der Waals surface area contributed by atoms with Crippen LogP contribution in [0.4, 0.5) is 5.69 Å². The smallest absolute Gasteiger partial charge is 0.255 e. The van der Waals surface area contributed by atoms with Crippen molar-refractivity contribution < 1.29 is 14.6 Å². The minimum atomic E-state index is -0.367. The maximum absolute atomic E-state index is 12.4. The Morgan fingerprint density at radius 2 is 2.09 bits per heavy atom. The van der Waals surface area contributed by atoms with Crippen molar-refractivity contribution in [2.75, 3.05) is 18.3 Å². The zero-order chi connectivity index (χ0) is 16.4. The number of carbonyl (C=O) groups excluding carboxylic acids is 1. The number of methoxy groups -OCH3 is 1. The summed E-state index contributed by atoms with van der Waals surface area (Å²) in [5.74, 6) is -0.00464. The van der Waals surface area contributed by atoms with E-state index in [1.165, 1.54) is 13.2 Å². The number of rotatable bonds is 4. The van der Waals surface area contributed by atoms with Crippen molar-refractivity contribution in [3.8, 4) is 11.5 Å². The highest BCUT2D eigenvalue weighted by Crippen LogP contribution is 2.44. The van der Waals surface area contributed by atoms with E-state index in [4.69, 9.17) is 39.5 Å². The number of aromatic hydroxyl groups is 1. The molecule has 1 amide bonds. The van der Waals surface area contributed by atoms with Crippen LogP contribution in [0.1, 0.15) is 13.3 Å². The molecule has 1 aromatic carbocycles. The van der Waals surface area contributed by atoms with Gasteiger partial charge in [0.25, 0.3) is 5.91 Å². The third-order valence-electron chi connectivity index (χ3n) is 3.50. The molecule has 118 valence electrons. The predicted octanol–water partition coefficient (Wildman–Crippen LogP) is 4.53. The number of anilines is 1. The molecular formula is C15H14Cl3NO3. The van der Waals surface area contributed by atoms with Crippen LogP contribution in [0.2, 0.25) is 10.0 Å². The van der Waals surface area contributed by atoms with Gasteiger partial charge in [-0.1, -0.05) is 29.3 Å². The summed E-state index contributed by atoms with van der Waals surface area (Å²) < 4.78 is 5.04. The Labute approximate surface area is 143 Å². The number of ether oxygens (including phenoxy) is 1. The Kier molecular flexibility index (Phi) is 5.27. The van der Waals surface area contributed by atoms with E-state index in [1.807, 2.05) is 6.92 Å². The van der Waals surface area contributed by atoms with Crippen molar-refractivity contribution in [1.29, 1.82) is 0 Å². The first-order chi connectivity index (χ1) is 10.4. The number of amides is 1. The van der Waals surface area contributed by atoms with Gasteiger partial charge in [0.2, 0.25) is 0 Å². The summed E-state index contributed by atoms with van der Waals surface area (Å²) in [5, 5.41) is 12.5. The third-order valence-corrected chi connectivity index (χ3v) is 4.58. The molecule has 0 bridgehead atoms. The molecular weight excluding hydrogens is 349 g/mol. The van der Waals surface area contributed by atoms with Gasteiger partial charge >= 0.3 is 0 Å². The van der Waals surface area contributed by atoms with E-state index < -0.39 is 0 Å². The average Bonchev–Trinajstić information content (AvgIpc) is 2.88. The standard InChI is InChI=1S/C15H14Cl3NO3/c1-7-8(6-16)3-4-9(7)15(21)19-14-12(17)10(20)5-11(22-2)13(14)18/h4-5,20H,3,6H2,1-2H3,(H,19,21). The van der Waals surface area contributed by atoms with Crippen molar-refractivity contribution in [1.82, 2.24) is 0 Å². The number of phenols is 1. The summed E-state index contributed by atoms with van der Waals surface area (Å²) in [6.07, 6.45) is 2.44. The first kappa shape index (κ1) is 17.0. The SMILES string of the molecule is COc1cc(O)c(Cl)c(NC(=O)C2=CCC(CCl)=C2C)c1Cl. The van der Waals surface area contributed by atoms with E-state index in [9.17, 15) is 9.90 Å². The lowest BCUT2D eigenvalue weighted by atomic mass is 10.1. The highest BCUT2D eigenvalue weighted by molar-refractivity contribution is 6.41. The molecule has 0 radical (unpaired) electrons. The molecule has 0 unspecified atom stereocenters. The summed E-state index contributed by atoms with van der Waals surface area (Å²) in [5.41, 5.74) is 2.47. The van der Waals surface area contributed by atoms with Gasteiger partial charge < -0.3 is 15.2 Å². The highest BCUT2D eigenvalue weighted by atomic mass is 35.5. The Balaban J connectivity index is 2.34. The first-order valence-corrected chi connectivity index (χ1v) is 7.71. The zero-order valence-electron chi connectivity index (χ0n) is 12.0. The molecule has 0 aliphatic heterocycles. The lowest BCUT2D eigenvalue weighted by molar-refractivity contribution is -0.112. The minimum Gasteiger partial charge on any atom is -0.506 e. The number of halogens is 3. The van der Waals surface area contributed by atoms with E-state index in [0.717, 1.165) is 11.1 Å². The van der Waals surface area contributed by atoms with Crippen LogP contribution >= 0.6 is 34.8 Å². The van der Waals surface area contributed by atoms with Gasteiger partial charge in [0, 0.05) is 17.5 Å². The number of carbonyl (C=O) groups is 1. The summed E-state index contributed by atoms with van der Waals surface area (Å²) in [6, 6.07) is 1.28. The molecule has 0 saturated carbocycles. The molecule has 7 heteroatoms. The van der Waals surface area contributed by atoms with Crippen LogP contribution < -0.4 is 10.1 Å². The fourth-order valence-electron chi connectivity index (χ4n) is 2.18. The lowest BCUT2D eigenvalue weighted by Crippen LogP contribution is -2.15. The summed E-state index contributed by atoms with van der Waals surface area (Å²) in [6.45, 7) is 1.84. The number of nitrogens with one attached hydrogen (secondary N) is 1. The van der Waals surface area contributed by atoms with Crippen molar-refractivity contribution in [3.05, 3.63) is 38.9 Å². The molecule has 1 aliphatic rings. The number of benzene rings is 1. The average molecular weight is 363 g/mol. The van der Waals surface area contributed by atoms with Gasteiger partial charge in [-0.05, 0) is 24.5 Å². The fourth-order valence-corrected chi connectivity index (χ4v) is 3.00. The van der Waals surface area contributed by atoms with Gasteiger partial charge in [-0.25, -0.2) is 0 Å². The Hall–Kier alpha value is -1.36. The number of hydrogen-bond acceptors (Lipinski definition) is 3. The molecule has 0 saturated heterocycles. The predicted molar refractivity (Wildman–Crippen MR) is 89.4 cm³/mol. The van der Waals surface area contributed by atoms with Crippen molar-refractivity contribution in [2.24, 2.45) is 0 Å². The number of allylic oxidation sites excluding steroid dienone is 2. The molecule has 0 heterocycles. The normalized spacial score (nSPS) is 14.1. The van der Waals surface area contributed by atoms with Gasteiger partial charge in [-0.2, -0.15) is 0 Å². The second kappa shape index (κ2) is 6.82. The van der Waals surface area contributed by atoms with Crippen LogP contribution in [0.3, 0.4) is 0 Å². The Morgan fingerprint density at radius 3 is 2.64 bits per heavy atom. The quantitative estimate of drug-likeness (QED) is 0.774. The topological polar surface area (TPSA) is 58.6 Å². The molecule has 22 heavy (non-hydrogen) atoms. The molecule has 1 aromatic rings. The van der Waals surface area contributed by atoms with Gasteiger partial charge in [-0.3, -0.25) is 4.79 Å². The number of phenolic OH excluding ortho intramolecular Hbond substituents is 1. The van der Waals surface area contributed by atoms with Crippen molar-refractivity contribution >= 4 is 46.4 Å². The maximum Gasteiger partial charge on any atom is 0.255 e. The molecule has 0 aromatic heterocycles. The van der Waals surface area contributed by atoms with Crippen molar-refractivity contribution in [3.63, 3.8) is 0 Å². The molecule has 0 atom stereocenters. The number of hydrogen-bond donors (Lipinski definition) is 2. The third kappa shape index (κ3) is 3.05. The zero-order valence-corrected chi connectivity index (χ0v) is 14.2. The summed E-state index contributed by atoms with van der Waals surface area (Å²) >= 11 is 18.0. The van der Waals surface area contributed by atoms with Crippen LogP contribution in [0, 0.1) is 0 Å². The number of alkyl halides is 1. The van der Waals surface area contributed by atoms with Crippen LogP contribution in [0.15, 0.2) is 28.9 Å².